The summed E-state index contributed by atoms with van der Waals surface area (Å²) in [6.45, 7) is 8.17. The Morgan fingerprint density at radius 1 is 1.08 bits per heavy atom. The van der Waals surface area contributed by atoms with Gasteiger partial charge in [-0.25, -0.2) is 8.42 Å². The van der Waals surface area contributed by atoms with Crippen LogP contribution in [0.15, 0.2) is 24.3 Å². The number of benzene rings is 1. The Balaban J connectivity index is 2.72. The molecule has 0 aliphatic rings. The number of amides is 1. The first-order valence-corrected chi connectivity index (χ1v) is 10.7. The fraction of sp³-hybridized carbons (Fsp3) is 0.632. The average molecular weight is 354 g/mol. The molecule has 136 valence electrons. The van der Waals surface area contributed by atoms with E-state index in [0.29, 0.717) is 6.42 Å². The van der Waals surface area contributed by atoms with Crippen LogP contribution in [0.3, 0.4) is 0 Å². The van der Waals surface area contributed by atoms with E-state index in [2.05, 4.69) is 24.4 Å². The highest BCUT2D eigenvalue weighted by Gasteiger charge is 2.22. The number of unbranched alkanes of at least 4 members (excludes halogenated alkanes) is 2. The molecule has 0 aliphatic carbocycles. The number of hydrogen-bond acceptors (Lipinski definition) is 3. The Labute approximate surface area is 147 Å². The molecule has 0 aromatic heterocycles. The van der Waals surface area contributed by atoms with Crippen LogP contribution in [-0.2, 0) is 21.1 Å². The topological polar surface area (TPSA) is 63.2 Å². The van der Waals surface area contributed by atoms with E-state index in [1.807, 2.05) is 32.9 Å². The van der Waals surface area contributed by atoms with Gasteiger partial charge in [0.15, 0.2) is 9.84 Å². The Kier molecular flexibility index (Phi) is 8.46. The molecule has 1 aromatic carbocycles. The van der Waals surface area contributed by atoms with Crippen molar-refractivity contribution in [3.05, 3.63) is 35.4 Å². The highest BCUT2D eigenvalue weighted by molar-refractivity contribution is 7.92. The normalized spacial score (nSPS) is 13.0. The van der Waals surface area contributed by atoms with Crippen LogP contribution in [0.1, 0.15) is 64.1 Å². The predicted molar refractivity (Wildman–Crippen MR) is 99.7 cm³/mol. The lowest BCUT2D eigenvalue weighted by Gasteiger charge is -2.23. The first-order valence-electron chi connectivity index (χ1n) is 8.87. The van der Waals surface area contributed by atoms with E-state index in [1.54, 1.807) is 0 Å². The number of carbonyl (C=O) groups is 1. The third-order valence-electron chi connectivity index (χ3n) is 4.14. The minimum atomic E-state index is -3.33. The minimum Gasteiger partial charge on any atom is -0.348 e. The second-order valence-electron chi connectivity index (χ2n) is 6.68. The van der Waals surface area contributed by atoms with Crippen molar-refractivity contribution in [2.75, 3.05) is 11.5 Å². The van der Waals surface area contributed by atoms with Crippen LogP contribution in [0.2, 0.25) is 0 Å². The summed E-state index contributed by atoms with van der Waals surface area (Å²) in [5.41, 5.74) is 2.25. The number of aryl methyl sites for hydroxylation is 1. The van der Waals surface area contributed by atoms with Crippen molar-refractivity contribution in [2.24, 2.45) is 5.92 Å². The number of hydrogen-bond donors (Lipinski definition) is 1. The molecule has 0 fully saturated rings. The van der Waals surface area contributed by atoms with E-state index >= 15 is 0 Å². The summed E-state index contributed by atoms with van der Waals surface area (Å²) in [4.78, 5) is 12.2. The van der Waals surface area contributed by atoms with Gasteiger partial charge in [0.25, 0.3) is 0 Å². The van der Waals surface area contributed by atoms with Crippen LogP contribution < -0.4 is 5.32 Å². The highest BCUT2D eigenvalue weighted by atomic mass is 32.2. The SMILES string of the molecule is CCCCCS(=O)(=O)CC(=O)NC(c1ccc(CC)cc1)C(C)C. The zero-order chi connectivity index (χ0) is 18.2. The second kappa shape index (κ2) is 9.82. The van der Waals surface area contributed by atoms with Crippen LogP contribution in [-0.4, -0.2) is 25.8 Å². The first-order chi connectivity index (χ1) is 11.3. The standard InChI is InChI=1S/C19H31NO3S/c1-5-7-8-13-24(22,23)14-18(21)20-19(15(3)4)17-11-9-16(6-2)10-12-17/h9-12,15,19H,5-8,13-14H2,1-4H3,(H,20,21). The Bertz CT molecular complexity index is 606. The maximum atomic E-state index is 12.2. The number of sulfone groups is 1. The predicted octanol–water partition coefficient (Wildman–Crippen LogP) is 3.67. The van der Waals surface area contributed by atoms with E-state index in [9.17, 15) is 13.2 Å². The van der Waals surface area contributed by atoms with Gasteiger partial charge in [-0.3, -0.25) is 4.79 Å². The van der Waals surface area contributed by atoms with Crippen molar-refractivity contribution in [2.45, 2.75) is 59.4 Å². The van der Waals surface area contributed by atoms with Gasteiger partial charge in [-0.15, -0.1) is 0 Å². The molecule has 1 amide bonds. The van der Waals surface area contributed by atoms with Crippen molar-refractivity contribution in [3.63, 3.8) is 0 Å². The maximum absolute atomic E-state index is 12.2. The number of carbonyl (C=O) groups excluding carboxylic acids is 1. The molecule has 4 nitrogen and oxygen atoms in total. The monoisotopic (exact) mass is 353 g/mol. The lowest BCUT2D eigenvalue weighted by Crippen LogP contribution is -2.36. The third kappa shape index (κ3) is 7.04. The molecular weight excluding hydrogens is 322 g/mol. The van der Waals surface area contributed by atoms with E-state index in [-0.39, 0.29) is 17.7 Å². The molecule has 1 aromatic rings. The van der Waals surface area contributed by atoms with Crippen molar-refractivity contribution >= 4 is 15.7 Å². The Morgan fingerprint density at radius 3 is 2.21 bits per heavy atom. The summed E-state index contributed by atoms with van der Waals surface area (Å²) in [5, 5.41) is 2.90. The van der Waals surface area contributed by atoms with Crippen LogP contribution in [0.5, 0.6) is 0 Å². The number of nitrogens with one attached hydrogen (secondary N) is 1. The van der Waals surface area contributed by atoms with Crippen molar-refractivity contribution in [3.8, 4) is 0 Å². The lowest BCUT2D eigenvalue weighted by molar-refractivity contribution is -0.119. The largest absolute Gasteiger partial charge is 0.348 e. The molecule has 0 saturated heterocycles. The molecule has 0 bridgehead atoms. The van der Waals surface area contributed by atoms with Crippen LogP contribution in [0.4, 0.5) is 0 Å². The smallest absolute Gasteiger partial charge is 0.235 e. The van der Waals surface area contributed by atoms with Gasteiger partial charge in [0, 0.05) is 0 Å². The minimum absolute atomic E-state index is 0.0891. The summed E-state index contributed by atoms with van der Waals surface area (Å²) >= 11 is 0. The molecule has 0 aliphatic heterocycles. The van der Waals surface area contributed by atoms with Crippen LogP contribution >= 0.6 is 0 Å². The zero-order valence-corrected chi connectivity index (χ0v) is 16.2. The molecule has 1 rings (SSSR count). The molecule has 1 N–H and O–H groups in total. The van der Waals surface area contributed by atoms with Crippen molar-refractivity contribution < 1.29 is 13.2 Å². The maximum Gasteiger partial charge on any atom is 0.235 e. The number of rotatable bonds is 10. The zero-order valence-electron chi connectivity index (χ0n) is 15.3. The summed E-state index contributed by atoms with van der Waals surface area (Å²) in [6.07, 6.45) is 3.43. The molecule has 0 radical (unpaired) electrons. The fourth-order valence-corrected chi connectivity index (χ4v) is 3.93. The van der Waals surface area contributed by atoms with Gasteiger partial charge in [-0.05, 0) is 29.9 Å². The molecule has 1 unspecified atom stereocenters. The molecule has 0 heterocycles. The van der Waals surface area contributed by atoms with Gasteiger partial charge in [-0.2, -0.15) is 0 Å². The highest BCUT2D eigenvalue weighted by Crippen LogP contribution is 2.22. The van der Waals surface area contributed by atoms with Crippen molar-refractivity contribution in [1.29, 1.82) is 0 Å². The van der Waals surface area contributed by atoms with Crippen molar-refractivity contribution in [1.82, 2.24) is 5.32 Å². The fourth-order valence-electron chi connectivity index (χ4n) is 2.65. The van der Waals surface area contributed by atoms with Gasteiger partial charge < -0.3 is 5.32 Å². The van der Waals surface area contributed by atoms with Gasteiger partial charge in [-0.1, -0.05) is 64.8 Å². The van der Waals surface area contributed by atoms with Gasteiger partial charge in [0.2, 0.25) is 5.91 Å². The molecule has 5 heteroatoms. The van der Waals surface area contributed by atoms with E-state index in [1.165, 1.54) is 5.56 Å². The quantitative estimate of drug-likeness (QED) is 0.653. The van der Waals surface area contributed by atoms with Crippen LogP contribution in [0.25, 0.3) is 0 Å². The summed E-state index contributed by atoms with van der Waals surface area (Å²) in [6, 6.07) is 7.96. The average Bonchev–Trinajstić information content (AvgIpc) is 2.52. The van der Waals surface area contributed by atoms with E-state index in [4.69, 9.17) is 0 Å². The Morgan fingerprint density at radius 2 is 1.71 bits per heavy atom. The van der Waals surface area contributed by atoms with Crippen LogP contribution in [0, 0.1) is 5.92 Å². The second-order valence-corrected chi connectivity index (χ2v) is 8.87. The first kappa shape index (κ1) is 20.7. The summed E-state index contributed by atoms with van der Waals surface area (Å²) < 4.78 is 24.1. The lowest BCUT2D eigenvalue weighted by atomic mass is 9.95. The van der Waals surface area contributed by atoms with Gasteiger partial charge >= 0.3 is 0 Å². The molecular formula is C19H31NO3S. The summed E-state index contributed by atoms with van der Waals surface area (Å²) in [5.74, 6) is -0.562. The Hall–Kier alpha value is -1.36. The van der Waals surface area contributed by atoms with E-state index in [0.717, 1.165) is 24.8 Å². The van der Waals surface area contributed by atoms with E-state index < -0.39 is 21.5 Å². The third-order valence-corrected chi connectivity index (χ3v) is 5.75. The van der Waals surface area contributed by atoms with Gasteiger partial charge in [0.05, 0.1) is 11.8 Å². The molecule has 1 atom stereocenters. The van der Waals surface area contributed by atoms with Gasteiger partial charge in [0.1, 0.15) is 5.75 Å². The molecule has 24 heavy (non-hydrogen) atoms. The molecule has 0 spiro atoms. The molecule has 0 saturated carbocycles. The summed E-state index contributed by atoms with van der Waals surface area (Å²) in [7, 11) is -3.33.